The van der Waals surface area contributed by atoms with Crippen LogP contribution in [0.3, 0.4) is 0 Å². The minimum Gasteiger partial charge on any atom is -0.406 e. The Morgan fingerprint density at radius 2 is 1.82 bits per heavy atom. The zero-order valence-corrected chi connectivity index (χ0v) is 9.39. The summed E-state index contributed by atoms with van der Waals surface area (Å²) < 4.78 is 39.2. The highest BCUT2D eigenvalue weighted by atomic mass is 35.5. The first kappa shape index (κ1) is 15.6. The fourth-order valence-electron chi connectivity index (χ4n) is 1.13. The molecule has 0 spiro atoms. The lowest BCUT2D eigenvalue weighted by atomic mass is 10.1. The Balaban J connectivity index is 0.00000256. The van der Waals surface area contributed by atoms with Crippen LogP contribution in [0.15, 0.2) is 24.3 Å². The molecule has 0 aliphatic heterocycles. The maximum absolute atomic E-state index is 11.8. The Hall–Kier alpha value is -1.45. The average Bonchev–Trinajstić information content (AvgIpc) is 2.16. The van der Waals surface area contributed by atoms with Crippen molar-refractivity contribution in [3.63, 3.8) is 0 Å². The molecule has 0 fully saturated rings. The molecule has 0 aliphatic rings. The third-order valence-corrected chi connectivity index (χ3v) is 1.85. The number of nitriles is 1. The van der Waals surface area contributed by atoms with Crippen molar-refractivity contribution in [2.75, 3.05) is 0 Å². The Bertz CT molecular complexity index is 386. The van der Waals surface area contributed by atoms with Crippen molar-refractivity contribution in [2.24, 2.45) is 5.73 Å². The van der Waals surface area contributed by atoms with Gasteiger partial charge in [0, 0.05) is 6.04 Å². The lowest BCUT2D eigenvalue weighted by Crippen LogP contribution is -2.17. The summed E-state index contributed by atoms with van der Waals surface area (Å²) in [5.74, 6) is -0.305. The van der Waals surface area contributed by atoms with E-state index < -0.39 is 12.4 Å². The minimum atomic E-state index is -4.70. The van der Waals surface area contributed by atoms with Crippen LogP contribution in [0.2, 0.25) is 0 Å². The Labute approximate surface area is 102 Å². The van der Waals surface area contributed by atoms with Gasteiger partial charge in [-0.05, 0) is 17.7 Å². The highest BCUT2D eigenvalue weighted by Crippen LogP contribution is 2.24. The highest BCUT2D eigenvalue weighted by Gasteiger charge is 2.30. The van der Waals surface area contributed by atoms with E-state index >= 15 is 0 Å². The average molecular weight is 267 g/mol. The second kappa shape index (κ2) is 6.33. The van der Waals surface area contributed by atoms with Crippen molar-refractivity contribution >= 4 is 12.4 Å². The lowest BCUT2D eigenvalue weighted by Gasteiger charge is -2.11. The van der Waals surface area contributed by atoms with Crippen molar-refractivity contribution in [1.82, 2.24) is 0 Å². The third-order valence-electron chi connectivity index (χ3n) is 1.85. The number of halogens is 4. The van der Waals surface area contributed by atoms with Crippen LogP contribution in [0, 0.1) is 11.3 Å². The molecule has 0 aliphatic carbocycles. The van der Waals surface area contributed by atoms with Crippen molar-refractivity contribution in [3.8, 4) is 11.8 Å². The maximum atomic E-state index is 11.8. The summed E-state index contributed by atoms with van der Waals surface area (Å²) in [6.45, 7) is 0. The summed E-state index contributed by atoms with van der Waals surface area (Å²) in [7, 11) is 0. The second-order valence-corrected chi connectivity index (χ2v) is 3.09. The molecule has 0 saturated carbocycles. The SMILES string of the molecule is Cl.N#CC[C@@H](N)c1ccc(OC(F)(F)F)cc1. The molecule has 0 amide bonds. The van der Waals surface area contributed by atoms with Gasteiger partial charge in [0.15, 0.2) is 0 Å². The molecule has 1 aromatic carbocycles. The van der Waals surface area contributed by atoms with Crippen molar-refractivity contribution < 1.29 is 17.9 Å². The van der Waals surface area contributed by atoms with Gasteiger partial charge in [-0.25, -0.2) is 0 Å². The van der Waals surface area contributed by atoms with E-state index in [4.69, 9.17) is 11.0 Å². The first-order valence-electron chi connectivity index (χ1n) is 4.40. The molecule has 0 radical (unpaired) electrons. The summed E-state index contributed by atoms with van der Waals surface area (Å²) >= 11 is 0. The summed E-state index contributed by atoms with van der Waals surface area (Å²) in [6.07, 6.45) is -4.59. The van der Waals surface area contributed by atoms with E-state index in [1.54, 1.807) is 0 Å². The van der Waals surface area contributed by atoms with Crippen LogP contribution < -0.4 is 10.5 Å². The van der Waals surface area contributed by atoms with Crippen molar-refractivity contribution in [2.45, 2.75) is 18.8 Å². The van der Waals surface area contributed by atoms with Gasteiger partial charge < -0.3 is 10.5 Å². The minimum absolute atomic E-state index is 0. The molecule has 17 heavy (non-hydrogen) atoms. The van der Waals surface area contributed by atoms with Gasteiger partial charge in [0.05, 0.1) is 12.5 Å². The third kappa shape index (κ3) is 5.43. The number of hydrogen-bond acceptors (Lipinski definition) is 3. The van der Waals surface area contributed by atoms with E-state index in [0.29, 0.717) is 5.56 Å². The largest absolute Gasteiger partial charge is 0.573 e. The van der Waals surface area contributed by atoms with Crippen LogP contribution in [0.25, 0.3) is 0 Å². The Kier molecular flexibility index (Phi) is 5.79. The van der Waals surface area contributed by atoms with Crippen molar-refractivity contribution in [1.29, 1.82) is 5.26 Å². The quantitative estimate of drug-likeness (QED) is 0.915. The van der Waals surface area contributed by atoms with Crippen LogP contribution in [0.1, 0.15) is 18.0 Å². The molecule has 0 bridgehead atoms. The second-order valence-electron chi connectivity index (χ2n) is 3.09. The fraction of sp³-hybridized carbons (Fsp3) is 0.300. The van der Waals surface area contributed by atoms with Gasteiger partial charge in [-0.2, -0.15) is 5.26 Å². The van der Waals surface area contributed by atoms with Crippen molar-refractivity contribution in [3.05, 3.63) is 29.8 Å². The number of benzene rings is 1. The van der Waals surface area contributed by atoms with Gasteiger partial charge in [-0.15, -0.1) is 25.6 Å². The molecule has 1 atom stereocenters. The van der Waals surface area contributed by atoms with E-state index in [-0.39, 0.29) is 24.6 Å². The molecule has 2 N–H and O–H groups in total. The summed E-state index contributed by atoms with van der Waals surface area (Å²) in [5, 5.41) is 8.40. The molecular formula is C10H10ClF3N2O. The van der Waals surface area contributed by atoms with Gasteiger partial charge in [-0.1, -0.05) is 12.1 Å². The maximum Gasteiger partial charge on any atom is 0.573 e. The molecule has 3 nitrogen and oxygen atoms in total. The number of ether oxygens (including phenoxy) is 1. The molecule has 1 aromatic rings. The topological polar surface area (TPSA) is 59.0 Å². The van der Waals surface area contributed by atoms with E-state index in [0.717, 1.165) is 0 Å². The summed E-state index contributed by atoms with van der Waals surface area (Å²) in [6, 6.07) is 6.53. The Morgan fingerprint density at radius 3 is 2.24 bits per heavy atom. The molecule has 7 heteroatoms. The van der Waals surface area contributed by atoms with Crippen LogP contribution in [-0.4, -0.2) is 6.36 Å². The standard InChI is InChI=1S/C10H9F3N2O.ClH/c11-10(12,13)16-8-3-1-7(2-4-8)9(15)5-6-14;/h1-4,9H,5,15H2;1H/t9-;/m1./s1. The first-order valence-corrected chi connectivity index (χ1v) is 4.40. The van der Waals surface area contributed by atoms with E-state index in [2.05, 4.69) is 4.74 Å². The summed E-state index contributed by atoms with van der Waals surface area (Å²) in [4.78, 5) is 0. The molecule has 0 heterocycles. The van der Waals surface area contributed by atoms with Crippen LogP contribution >= 0.6 is 12.4 Å². The zero-order valence-electron chi connectivity index (χ0n) is 8.57. The monoisotopic (exact) mass is 266 g/mol. The van der Waals surface area contributed by atoms with E-state index in [1.165, 1.54) is 24.3 Å². The van der Waals surface area contributed by atoms with Crippen LogP contribution in [-0.2, 0) is 0 Å². The van der Waals surface area contributed by atoms with Gasteiger partial charge in [0.2, 0.25) is 0 Å². The van der Waals surface area contributed by atoms with E-state index in [1.807, 2.05) is 6.07 Å². The number of hydrogen-bond donors (Lipinski definition) is 1. The lowest BCUT2D eigenvalue weighted by molar-refractivity contribution is -0.274. The fourth-order valence-corrected chi connectivity index (χ4v) is 1.13. The molecule has 0 aromatic heterocycles. The molecule has 0 unspecified atom stereocenters. The van der Waals surface area contributed by atoms with Gasteiger partial charge >= 0.3 is 6.36 Å². The summed E-state index contributed by atoms with van der Waals surface area (Å²) in [5.41, 5.74) is 6.19. The van der Waals surface area contributed by atoms with Gasteiger partial charge in [-0.3, -0.25) is 0 Å². The number of nitrogens with zero attached hydrogens (tertiary/aromatic N) is 1. The smallest absolute Gasteiger partial charge is 0.406 e. The molecular weight excluding hydrogens is 257 g/mol. The zero-order chi connectivity index (χ0) is 12.2. The Morgan fingerprint density at radius 1 is 1.29 bits per heavy atom. The predicted octanol–water partition coefficient (Wildman–Crippen LogP) is 2.92. The number of nitrogens with two attached hydrogens (primary N) is 1. The molecule has 1 rings (SSSR count). The van der Waals surface area contributed by atoms with E-state index in [9.17, 15) is 13.2 Å². The molecule has 0 saturated heterocycles. The normalized spacial score (nSPS) is 12.2. The van der Waals surface area contributed by atoms with Crippen LogP contribution in [0.5, 0.6) is 5.75 Å². The van der Waals surface area contributed by atoms with Gasteiger partial charge in [0.1, 0.15) is 5.75 Å². The van der Waals surface area contributed by atoms with Gasteiger partial charge in [0.25, 0.3) is 0 Å². The number of alkyl halides is 3. The number of rotatable bonds is 3. The predicted molar refractivity (Wildman–Crippen MR) is 57.5 cm³/mol. The molecule has 94 valence electrons. The highest BCUT2D eigenvalue weighted by molar-refractivity contribution is 5.85. The van der Waals surface area contributed by atoms with Crippen LogP contribution in [0.4, 0.5) is 13.2 Å². The first-order chi connectivity index (χ1) is 7.42.